The van der Waals surface area contributed by atoms with Crippen LogP contribution < -0.4 is 10.1 Å². The predicted octanol–water partition coefficient (Wildman–Crippen LogP) is 4.18. The van der Waals surface area contributed by atoms with E-state index in [9.17, 15) is 9.18 Å². The van der Waals surface area contributed by atoms with Gasteiger partial charge in [0.2, 0.25) is 5.91 Å². The minimum atomic E-state index is -0.250. The number of rotatable bonds is 8. The number of hydrogen-bond acceptors (Lipinski definition) is 3. The molecule has 0 unspecified atom stereocenters. The molecule has 1 spiro atoms. The topological polar surface area (TPSA) is 41.6 Å². The summed E-state index contributed by atoms with van der Waals surface area (Å²) in [5.41, 5.74) is 2.34. The summed E-state index contributed by atoms with van der Waals surface area (Å²) < 4.78 is 19.0. The average molecular weight is 411 g/mol. The maximum absolute atomic E-state index is 13.3. The summed E-state index contributed by atoms with van der Waals surface area (Å²) in [5, 5.41) is 3.35. The van der Waals surface area contributed by atoms with Crippen molar-refractivity contribution in [3.8, 4) is 5.75 Å². The summed E-state index contributed by atoms with van der Waals surface area (Å²) in [6.45, 7) is 7.56. The molecule has 4 rings (SSSR count). The molecule has 2 aliphatic rings. The fourth-order valence-electron chi connectivity index (χ4n) is 4.38. The summed E-state index contributed by atoms with van der Waals surface area (Å²) in [6.07, 6.45) is 2.47. The number of nitrogens with zero attached hydrogens (tertiary/aromatic N) is 1. The highest BCUT2D eigenvalue weighted by Gasteiger charge is 2.51. The highest BCUT2D eigenvalue weighted by Crippen LogP contribution is 2.47. The van der Waals surface area contributed by atoms with Crippen LogP contribution in [0.1, 0.15) is 37.8 Å². The first-order chi connectivity index (χ1) is 14.4. The van der Waals surface area contributed by atoms with Crippen molar-refractivity contribution < 1.29 is 13.9 Å². The van der Waals surface area contributed by atoms with Crippen molar-refractivity contribution >= 4 is 5.91 Å². The zero-order chi connectivity index (χ0) is 21.1. The van der Waals surface area contributed by atoms with Crippen LogP contribution in [0, 0.1) is 17.2 Å². The van der Waals surface area contributed by atoms with Crippen LogP contribution in [0.25, 0.3) is 0 Å². The van der Waals surface area contributed by atoms with E-state index in [0.717, 1.165) is 42.8 Å². The molecule has 1 amide bonds. The van der Waals surface area contributed by atoms with Gasteiger partial charge >= 0.3 is 0 Å². The first-order valence-corrected chi connectivity index (χ1v) is 10.9. The molecule has 4 nitrogen and oxygen atoms in total. The van der Waals surface area contributed by atoms with Crippen LogP contribution in [0.5, 0.6) is 5.75 Å². The molecule has 160 valence electrons. The number of hydrogen-bond donors (Lipinski definition) is 1. The van der Waals surface area contributed by atoms with E-state index in [2.05, 4.69) is 19.2 Å². The predicted molar refractivity (Wildman–Crippen MR) is 116 cm³/mol. The Morgan fingerprint density at radius 3 is 2.30 bits per heavy atom. The Bertz CT molecular complexity index is 852. The molecule has 1 heterocycles. The van der Waals surface area contributed by atoms with Gasteiger partial charge in [0.15, 0.2) is 0 Å². The highest BCUT2D eigenvalue weighted by atomic mass is 19.1. The molecule has 2 aromatic rings. The van der Waals surface area contributed by atoms with E-state index in [4.69, 9.17) is 4.74 Å². The molecular formula is C25H31FN2O2. The van der Waals surface area contributed by atoms with E-state index in [0.29, 0.717) is 30.9 Å². The van der Waals surface area contributed by atoms with E-state index in [1.54, 1.807) is 12.1 Å². The van der Waals surface area contributed by atoms with Crippen LogP contribution in [0.3, 0.4) is 0 Å². The monoisotopic (exact) mass is 410 g/mol. The van der Waals surface area contributed by atoms with Crippen molar-refractivity contribution in [2.45, 2.75) is 45.7 Å². The SMILES string of the molecule is CC(C)COc1ccc(CC(=O)N(Cc2ccc(F)cc2)C2CC3(CNC3)C2)cc1. The van der Waals surface area contributed by atoms with Gasteiger partial charge in [-0.3, -0.25) is 4.79 Å². The van der Waals surface area contributed by atoms with Crippen LogP contribution in [0.4, 0.5) is 4.39 Å². The van der Waals surface area contributed by atoms with Gasteiger partial charge in [-0.25, -0.2) is 4.39 Å². The maximum atomic E-state index is 13.3. The summed E-state index contributed by atoms with van der Waals surface area (Å²) in [5.74, 6) is 1.19. The molecular weight excluding hydrogens is 379 g/mol. The summed E-state index contributed by atoms with van der Waals surface area (Å²) in [4.78, 5) is 15.2. The summed E-state index contributed by atoms with van der Waals surface area (Å²) in [6, 6.07) is 14.6. The van der Waals surface area contributed by atoms with Gasteiger partial charge < -0.3 is 15.0 Å². The minimum Gasteiger partial charge on any atom is -0.493 e. The molecule has 0 aromatic heterocycles. The number of ether oxygens (including phenoxy) is 1. The Morgan fingerprint density at radius 2 is 1.73 bits per heavy atom. The van der Waals surface area contributed by atoms with Gasteiger partial charge in [0.05, 0.1) is 13.0 Å². The number of amides is 1. The number of carbonyl (C=O) groups excluding carboxylic acids is 1. The maximum Gasteiger partial charge on any atom is 0.227 e. The lowest BCUT2D eigenvalue weighted by molar-refractivity contribution is -0.141. The molecule has 0 atom stereocenters. The smallest absolute Gasteiger partial charge is 0.227 e. The Labute approximate surface area is 178 Å². The van der Waals surface area contributed by atoms with Gasteiger partial charge in [0, 0.05) is 25.7 Å². The van der Waals surface area contributed by atoms with E-state index >= 15 is 0 Å². The molecule has 1 aliphatic heterocycles. The van der Waals surface area contributed by atoms with Gasteiger partial charge in [-0.1, -0.05) is 38.1 Å². The molecule has 1 aliphatic carbocycles. The lowest BCUT2D eigenvalue weighted by Gasteiger charge is -2.57. The van der Waals surface area contributed by atoms with Crippen LogP contribution in [0.2, 0.25) is 0 Å². The molecule has 0 radical (unpaired) electrons. The van der Waals surface area contributed by atoms with E-state index in [-0.39, 0.29) is 17.8 Å². The van der Waals surface area contributed by atoms with Crippen molar-refractivity contribution in [3.63, 3.8) is 0 Å². The normalized spacial score (nSPS) is 17.5. The van der Waals surface area contributed by atoms with E-state index in [1.165, 1.54) is 12.1 Å². The summed E-state index contributed by atoms with van der Waals surface area (Å²) >= 11 is 0. The quantitative estimate of drug-likeness (QED) is 0.710. The van der Waals surface area contributed by atoms with Crippen molar-refractivity contribution in [1.82, 2.24) is 10.2 Å². The third-order valence-corrected chi connectivity index (χ3v) is 6.23. The first-order valence-electron chi connectivity index (χ1n) is 10.9. The van der Waals surface area contributed by atoms with Gasteiger partial charge in [-0.15, -0.1) is 0 Å². The second-order valence-corrected chi connectivity index (χ2v) is 9.34. The Balaban J connectivity index is 1.41. The Morgan fingerprint density at radius 1 is 1.10 bits per heavy atom. The third kappa shape index (κ3) is 4.84. The Hall–Kier alpha value is -2.40. The van der Waals surface area contributed by atoms with Gasteiger partial charge in [0.1, 0.15) is 11.6 Å². The second-order valence-electron chi connectivity index (χ2n) is 9.34. The van der Waals surface area contributed by atoms with Crippen molar-refractivity contribution in [2.75, 3.05) is 19.7 Å². The van der Waals surface area contributed by atoms with Gasteiger partial charge in [-0.2, -0.15) is 0 Å². The first kappa shape index (κ1) is 20.9. The number of nitrogens with one attached hydrogen (secondary N) is 1. The molecule has 1 N–H and O–H groups in total. The molecule has 2 fully saturated rings. The number of halogens is 1. The second kappa shape index (κ2) is 8.76. The molecule has 30 heavy (non-hydrogen) atoms. The minimum absolute atomic E-state index is 0.127. The Kier molecular flexibility index (Phi) is 6.09. The molecule has 2 aromatic carbocycles. The lowest BCUT2D eigenvalue weighted by atomic mass is 9.61. The van der Waals surface area contributed by atoms with Gasteiger partial charge in [0.25, 0.3) is 0 Å². The van der Waals surface area contributed by atoms with Crippen molar-refractivity contribution in [3.05, 3.63) is 65.5 Å². The van der Waals surface area contributed by atoms with Gasteiger partial charge in [-0.05, 0) is 59.6 Å². The van der Waals surface area contributed by atoms with Crippen LogP contribution >= 0.6 is 0 Å². The molecule has 5 heteroatoms. The molecule has 1 saturated carbocycles. The van der Waals surface area contributed by atoms with Crippen molar-refractivity contribution in [2.24, 2.45) is 11.3 Å². The molecule has 1 saturated heterocycles. The van der Waals surface area contributed by atoms with E-state index < -0.39 is 0 Å². The fourth-order valence-corrected chi connectivity index (χ4v) is 4.38. The third-order valence-electron chi connectivity index (χ3n) is 6.23. The molecule has 0 bridgehead atoms. The average Bonchev–Trinajstić information content (AvgIpc) is 2.66. The number of benzene rings is 2. The zero-order valence-corrected chi connectivity index (χ0v) is 17.9. The van der Waals surface area contributed by atoms with Crippen molar-refractivity contribution in [1.29, 1.82) is 0 Å². The van der Waals surface area contributed by atoms with E-state index in [1.807, 2.05) is 29.2 Å². The van der Waals surface area contributed by atoms with Crippen LogP contribution in [-0.2, 0) is 17.8 Å². The lowest BCUT2D eigenvalue weighted by Crippen LogP contribution is -2.65. The van der Waals surface area contributed by atoms with Crippen LogP contribution in [-0.4, -0.2) is 36.5 Å². The highest BCUT2D eigenvalue weighted by molar-refractivity contribution is 5.79. The standard InChI is InChI=1S/C25H31FN2O2/c1-18(2)15-30-23-9-5-19(6-10-23)11-24(29)28(14-20-3-7-21(26)8-4-20)22-12-25(13-22)16-27-17-25/h3-10,18,22,27H,11-17H2,1-2H3. The largest absolute Gasteiger partial charge is 0.493 e. The fraction of sp³-hybridized carbons (Fsp3) is 0.480. The van der Waals surface area contributed by atoms with Crippen LogP contribution in [0.15, 0.2) is 48.5 Å². The zero-order valence-electron chi connectivity index (χ0n) is 17.9. The summed E-state index contributed by atoms with van der Waals surface area (Å²) in [7, 11) is 0. The number of carbonyl (C=O) groups is 1.